The second kappa shape index (κ2) is 20.4. The van der Waals surface area contributed by atoms with E-state index < -0.39 is 24.6 Å². The molecule has 0 fully saturated rings. The van der Waals surface area contributed by atoms with Gasteiger partial charge in [-0.25, -0.2) is 0 Å². The van der Waals surface area contributed by atoms with Crippen molar-refractivity contribution in [2.45, 2.75) is 77.2 Å². The lowest BCUT2D eigenvalue weighted by atomic mass is 9.72. The molecule has 3 atom stereocenters. The van der Waals surface area contributed by atoms with Crippen LogP contribution in [0.1, 0.15) is 77.2 Å². The maximum absolute atomic E-state index is 12.9. The summed E-state index contributed by atoms with van der Waals surface area (Å²) in [6.07, 6.45) is 0.593. The molecule has 0 saturated heterocycles. The molecule has 0 aromatic heterocycles. The second-order valence-corrected chi connectivity index (χ2v) is 10.9. The van der Waals surface area contributed by atoms with Gasteiger partial charge in [0.1, 0.15) is 19.8 Å². The number of benzene rings is 1. The fraction of sp³-hybridized carbons (Fsp3) is 0.704. The monoisotopic (exact) mass is 591 g/mol. The molecule has 0 aliphatic heterocycles. The number of carbonyl (C=O) groups is 2. The van der Waals surface area contributed by atoms with Crippen molar-refractivity contribution in [3.05, 3.63) is 34.7 Å². The van der Waals surface area contributed by atoms with E-state index in [0.29, 0.717) is 24.3 Å². The second-order valence-electron chi connectivity index (χ2n) is 9.48. The number of rotatable bonds is 16. The van der Waals surface area contributed by atoms with Gasteiger partial charge in [0, 0.05) is 21.7 Å². The number of phosphoric ester groups is 1. The van der Waals surface area contributed by atoms with Crippen LogP contribution < -0.4 is 15.1 Å². The predicted molar refractivity (Wildman–Crippen MR) is 160 cm³/mol. The molecule has 1 aromatic carbocycles. The van der Waals surface area contributed by atoms with Crippen LogP contribution in [-0.2, 0) is 27.9 Å². The molecule has 0 bridgehead atoms. The molecule has 0 spiro atoms. The summed E-state index contributed by atoms with van der Waals surface area (Å²) >= 11 is 0. The number of nitrogens with one attached hydrogen (secondary N) is 2. The fourth-order valence-corrected chi connectivity index (χ4v) is 4.05. The van der Waals surface area contributed by atoms with Crippen LogP contribution in [0.3, 0.4) is 0 Å². The number of azide groups is 1. The summed E-state index contributed by atoms with van der Waals surface area (Å²) in [5.41, 5.74) is 7.51. The first-order valence-electron chi connectivity index (χ1n) is 11.8. The van der Waals surface area contributed by atoms with Crippen molar-refractivity contribution in [3.63, 3.8) is 0 Å². The highest BCUT2D eigenvalue weighted by molar-refractivity contribution is 7.45. The summed E-state index contributed by atoms with van der Waals surface area (Å²) in [4.78, 5) is 41.4. The minimum atomic E-state index is -4.49. The molecule has 1 amide bonds. The molecule has 0 aliphatic rings. The number of quaternary nitrogens is 1. The molecule has 13 heteroatoms. The van der Waals surface area contributed by atoms with E-state index >= 15 is 0 Å². The first kappa shape index (κ1) is 44.6. The van der Waals surface area contributed by atoms with Crippen LogP contribution in [0.2, 0.25) is 0 Å². The number of amides is 1. The van der Waals surface area contributed by atoms with Gasteiger partial charge in [-0.3, -0.25) is 14.2 Å². The molecule has 3 unspecified atom stereocenters. The molecular formula is C27H54N5O7P. The largest absolute Gasteiger partial charge is 0.756 e. The molecule has 0 saturated carbocycles. The van der Waals surface area contributed by atoms with E-state index in [4.69, 9.17) is 19.3 Å². The molecule has 234 valence electrons. The van der Waals surface area contributed by atoms with Gasteiger partial charge < -0.3 is 28.9 Å². The van der Waals surface area contributed by atoms with Gasteiger partial charge in [0.2, 0.25) is 5.91 Å². The summed E-state index contributed by atoms with van der Waals surface area (Å²) in [5.74, 6) is -0.849. The fourth-order valence-electron chi connectivity index (χ4n) is 3.36. The minimum Gasteiger partial charge on any atom is -0.756 e. The van der Waals surface area contributed by atoms with Crippen LogP contribution in [-0.4, -0.2) is 51.8 Å². The van der Waals surface area contributed by atoms with Crippen molar-refractivity contribution in [2.75, 3.05) is 45.3 Å². The van der Waals surface area contributed by atoms with Gasteiger partial charge in [0.05, 0.1) is 25.6 Å². The zero-order valence-corrected chi connectivity index (χ0v) is 22.8. The van der Waals surface area contributed by atoms with Crippen LogP contribution in [0.15, 0.2) is 29.4 Å². The van der Waals surface area contributed by atoms with Crippen LogP contribution in [0, 0.1) is 10.8 Å². The zero-order valence-electron chi connectivity index (χ0n) is 21.9. The number of nitrogens with zero attached hydrogens (tertiary/aromatic N) is 3. The van der Waals surface area contributed by atoms with Gasteiger partial charge in [-0.2, -0.15) is 0 Å². The van der Waals surface area contributed by atoms with E-state index in [1.807, 2.05) is 20.9 Å². The Bertz CT molecular complexity index is 969. The molecule has 1 rings (SSSR count). The highest BCUT2D eigenvalue weighted by atomic mass is 31.2. The van der Waals surface area contributed by atoms with Crippen LogP contribution >= 0.6 is 7.82 Å². The lowest BCUT2D eigenvalue weighted by Crippen LogP contribution is -3.09. The van der Waals surface area contributed by atoms with Crippen molar-refractivity contribution in [2.24, 2.45) is 15.9 Å². The maximum atomic E-state index is 12.9. The van der Waals surface area contributed by atoms with Crippen molar-refractivity contribution < 1.29 is 37.7 Å². The van der Waals surface area contributed by atoms with E-state index in [1.54, 1.807) is 45.0 Å². The highest BCUT2D eigenvalue weighted by Gasteiger charge is 2.42. The van der Waals surface area contributed by atoms with E-state index in [1.165, 1.54) is 0 Å². The molecular weight excluding hydrogens is 537 g/mol. The Hall–Kier alpha value is -2.46. The van der Waals surface area contributed by atoms with Crippen molar-refractivity contribution in [1.82, 2.24) is 0 Å². The average molecular weight is 592 g/mol. The van der Waals surface area contributed by atoms with Crippen LogP contribution in [0.4, 0.5) is 11.4 Å². The Morgan fingerprint density at radius 1 is 1.05 bits per heavy atom. The minimum absolute atomic E-state index is 0. The Morgan fingerprint density at radius 3 is 2.10 bits per heavy atom. The standard InChI is InChI=1S/C23H38N5O7P.4CH4/c1-7-23(5,21(30)33-15-16-35-36(31,32)34-14-13-28(6)8-2)17-22(3,4)20(29)25-18-9-11-19(12-10-18)26-27-24;;;;/h9-12H,7-8,13-17H2,1-6H3,(H,25,29)(H,31,32);4*1H4. The molecule has 0 heterocycles. The van der Waals surface area contributed by atoms with Gasteiger partial charge in [0.25, 0.3) is 7.82 Å². The summed E-state index contributed by atoms with van der Waals surface area (Å²) in [5, 5.41) is 6.29. The lowest BCUT2D eigenvalue weighted by Gasteiger charge is -2.34. The smallest absolute Gasteiger partial charge is 0.311 e. The Kier molecular flexibility index (Phi) is 22.7. The predicted octanol–water partition coefficient (Wildman–Crippen LogP) is 5.52. The SMILES string of the molecule is C.C.C.C.CC[NH+](C)CCOP(=O)([O-])OCCOC(=O)C(C)(CC)CC(C)(C)C(=O)Nc1ccc(N=[N+]=[N-])cc1. The number of esters is 1. The zero-order chi connectivity index (χ0) is 27.4. The van der Waals surface area contributed by atoms with Gasteiger partial charge >= 0.3 is 5.97 Å². The van der Waals surface area contributed by atoms with Gasteiger partial charge in [-0.15, -0.1) is 0 Å². The molecule has 0 aliphatic carbocycles. The van der Waals surface area contributed by atoms with Crippen molar-refractivity contribution in [1.29, 1.82) is 0 Å². The Labute approximate surface area is 242 Å². The first-order valence-corrected chi connectivity index (χ1v) is 13.3. The number of likely N-dealkylation sites (N-methyl/N-ethyl adjacent to an activating group) is 1. The van der Waals surface area contributed by atoms with Crippen LogP contribution in [0.5, 0.6) is 0 Å². The van der Waals surface area contributed by atoms with E-state index in [0.717, 1.165) is 11.4 Å². The summed E-state index contributed by atoms with van der Waals surface area (Å²) < 4.78 is 26.7. The molecule has 40 heavy (non-hydrogen) atoms. The third-order valence-electron chi connectivity index (χ3n) is 5.95. The number of hydrogen-bond donors (Lipinski definition) is 2. The normalized spacial score (nSPS) is 14.1. The number of ether oxygens (including phenoxy) is 1. The van der Waals surface area contributed by atoms with E-state index in [-0.39, 0.29) is 61.9 Å². The number of carbonyl (C=O) groups excluding carboxylic acids is 2. The number of anilines is 1. The van der Waals surface area contributed by atoms with Gasteiger partial charge in [-0.1, -0.05) is 67.7 Å². The highest BCUT2D eigenvalue weighted by Crippen LogP contribution is 2.39. The number of phosphoric acid groups is 1. The molecule has 12 nitrogen and oxygen atoms in total. The topological polar surface area (TPSA) is 167 Å². The third-order valence-corrected chi connectivity index (χ3v) is 6.95. The molecule has 2 N–H and O–H groups in total. The molecule has 0 radical (unpaired) electrons. The van der Waals surface area contributed by atoms with Gasteiger partial charge in [0.15, 0.2) is 0 Å². The summed E-state index contributed by atoms with van der Waals surface area (Å²) in [6.45, 7) is 9.67. The maximum Gasteiger partial charge on any atom is 0.311 e. The molecule has 1 aromatic rings. The Balaban J connectivity index is -0.00000162. The van der Waals surface area contributed by atoms with Gasteiger partial charge in [-0.05, 0) is 44.4 Å². The van der Waals surface area contributed by atoms with Crippen molar-refractivity contribution in [3.8, 4) is 0 Å². The summed E-state index contributed by atoms with van der Waals surface area (Å²) in [6, 6.07) is 6.39. The van der Waals surface area contributed by atoms with Crippen LogP contribution in [0.25, 0.3) is 10.4 Å². The number of hydrogen-bond acceptors (Lipinski definition) is 8. The van der Waals surface area contributed by atoms with E-state index in [9.17, 15) is 19.0 Å². The van der Waals surface area contributed by atoms with Crippen molar-refractivity contribution >= 4 is 31.1 Å². The third kappa shape index (κ3) is 15.4. The average Bonchev–Trinajstić information content (AvgIpc) is 2.82. The first-order chi connectivity index (χ1) is 16.8. The van der Waals surface area contributed by atoms with E-state index in [2.05, 4.69) is 15.3 Å². The quantitative estimate of drug-likeness (QED) is 0.0637. The Morgan fingerprint density at radius 2 is 1.60 bits per heavy atom. The lowest BCUT2D eigenvalue weighted by molar-refractivity contribution is -0.877. The summed E-state index contributed by atoms with van der Waals surface area (Å²) in [7, 11) is -2.57.